The summed E-state index contributed by atoms with van der Waals surface area (Å²) < 4.78 is 18.6. The molecule has 4 rings (SSSR count). The minimum atomic E-state index is -0.364. The minimum absolute atomic E-state index is 0.0512. The molecule has 2 aromatic carbocycles. The lowest BCUT2D eigenvalue weighted by Crippen LogP contribution is -2.41. The number of carbonyl (C=O) groups excluding carboxylic acids is 2. The van der Waals surface area contributed by atoms with Crippen molar-refractivity contribution >= 4 is 23.0 Å². The number of fused-ring (bicyclic) bond motifs is 1. The molecule has 0 bridgehead atoms. The van der Waals surface area contributed by atoms with Crippen molar-refractivity contribution in [3.05, 3.63) is 64.8 Å². The lowest BCUT2D eigenvalue weighted by atomic mass is 9.88. The van der Waals surface area contributed by atoms with Gasteiger partial charge in [-0.2, -0.15) is 0 Å². The van der Waals surface area contributed by atoms with Crippen LogP contribution >= 0.6 is 0 Å². The number of ether oxygens (including phenoxy) is 3. The van der Waals surface area contributed by atoms with E-state index in [-0.39, 0.29) is 24.1 Å². The molecule has 0 spiro atoms. The van der Waals surface area contributed by atoms with E-state index in [1.165, 1.54) is 7.11 Å². The maximum absolute atomic E-state index is 12.7. The third-order valence-electron chi connectivity index (χ3n) is 6.66. The third-order valence-corrected chi connectivity index (χ3v) is 6.66. The Kier molecular flexibility index (Phi) is 7.76. The molecule has 1 fully saturated rings. The van der Waals surface area contributed by atoms with Gasteiger partial charge in [0, 0.05) is 24.0 Å². The quantitative estimate of drug-likeness (QED) is 0.364. The second-order valence-electron chi connectivity index (χ2n) is 9.12. The largest absolute Gasteiger partial charge is 0.489 e. The summed E-state index contributed by atoms with van der Waals surface area (Å²) in [4.78, 5) is 24.6. The highest BCUT2D eigenvalue weighted by molar-refractivity contribution is 5.96. The van der Waals surface area contributed by atoms with Gasteiger partial charge in [-0.3, -0.25) is 4.57 Å². The number of nitrogens with one attached hydrogen (secondary N) is 1. The number of rotatable bonds is 7. The van der Waals surface area contributed by atoms with E-state index in [1.54, 1.807) is 22.9 Å². The molecular formula is C28H34N2O5. The van der Waals surface area contributed by atoms with Gasteiger partial charge in [0.25, 0.3) is 0 Å². The molecule has 186 valence electrons. The molecule has 1 N–H and O–H groups in total. The highest BCUT2D eigenvalue weighted by Gasteiger charge is 2.30. The molecule has 0 amide bonds. The van der Waals surface area contributed by atoms with Crippen molar-refractivity contribution in [2.45, 2.75) is 52.1 Å². The molecule has 0 saturated carbocycles. The summed E-state index contributed by atoms with van der Waals surface area (Å²) in [6.45, 7) is 8.16. The fraction of sp³-hybridized carbons (Fsp3) is 0.429. The lowest BCUT2D eigenvalue weighted by Gasteiger charge is -2.33. The van der Waals surface area contributed by atoms with E-state index >= 15 is 0 Å². The van der Waals surface area contributed by atoms with E-state index < -0.39 is 0 Å². The van der Waals surface area contributed by atoms with Crippen LogP contribution in [-0.4, -0.2) is 49.5 Å². The Balaban J connectivity index is 1.63. The predicted molar refractivity (Wildman–Crippen MR) is 135 cm³/mol. The van der Waals surface area contributed by atoms with Crippen molar-refractivity contribution in [3.8, 4) is 5.75 Å². The number of methoxy groups -OCH3 is 1. The van der Waals surface area contributed by atoms with Gasteiger partial charge in [0.05, 0.1) is 24.8 Å². The smallest absolute Gasteiger partial charge is 0.418 e. The molecule has 2 atom stereocenters. The molecule has 3 aromatic rings. The first-order valence-corrected chi connectivity index (χ1v) is 12.3. The summed E-state index contributed by atoms with van der Waals surface area (Å²) in [5.41, 5.74) is 4.49. The van der Waals surface area contributed by atoms with Crippen LogP contribution in [-0.2, 0) is 9.47 Å². The van der Waals surface area contributed by atoms with E-state index in [9.17, 15) is 9.59 Å². The Labute approximate surface area is 206 Å². The van der Waals surface area contributed by atoms with Gasteiger partial charge in [0.2, 0.25) is 0 Å². The molecule has 35 heavy (non-hydrogen) atoms. The molecule has 0 aliphatic carbocycles. The van der Waals surface area contributed by atoms with Crippen molar-refractivity contribution in [1.29, 1.82) is 0 Å². The second-order valence-corrected chi connectivity index (χ2v) is 9.12. The molecule has 2 heterocycles. The Hall–Kier alpha value is -3.32. The van der Waals surface area contributed by atoms with Crippen LogP contribution in [0, 0.1) is 13.8 Å². The zero-order valence-electron chi connectivity index (χ0n) is 20.9. The maximum atomic E-state index is 12.7. The number of carbonyl (C=O) groups is 2. The summed E-state index contributed by atoms with van der Waals surface area (Å²) >= 11 is 0. The van der Waals surface area contributed by atoms with Crippen molar-refractivity contribution in [3.63, 3.8) is 0 Å². The molecule has 1 aromatic heterocycles. The fourth-order valence-corrected chi connectivity index (χ4v) is 4.81. The van der Waals surface area contributed by atoms with E-state index in [0.717, 1.165) is 65.7 Å². The highest BCUT2D eigenvalue weighted by Crippen LogP contribution is 2.37. The van der Waals surface area contributed by atoms with Crippen LogP contribution in [0.3, 0.4) is 0 Å². The number of hydrogen-bond donors (Lipinski definition) is 1. The van der Waals surface area contributed by atoms with Crippen LogP contribution in [0.4, 0.5) is 4.79 Å². The van der Waals surface area contributed by atoms with Crippen LogP contribution in [0.15, 0.2) is 42.6 Å². The van der Waals surface area contributed by atoms with Crippen LogP contribution in [0.2, 0.25) is 0 Å². The zero-order valence-corrected chi connectivity index (χ0v) is 20.9. The molecule has 1 aliphatic rings. The third kappa shape index (κ3) is 5.20. The summed E-state index contributed by atoms with van der Waals surface area (Å²) in [6, 6.07) is 11.5. The van der Waals surface area contributed by atoms with Gasteiger partial charge in [0.15, 0.2) is 0 Å². The number of unbranched alkanes of at least 4 members (excludes halogenated alkanes) is 1. The average Bonchev–Trinajstić information content (AvgIpc) is 3.32. The number of aromatic nitrogens is 1. The normalized spacial score (nSPS) is 17.8. The van der Waals surface area contributed by atoms with Gasteiger partial charge in [-0.15, -0.1) is 0 Å². The van der Waals surface area contributed by atoms with E-state index in [4.69, 9.17) is 14.2 Å². The van der Waals surface area contributed by atoms with Crippen molar-refractivity contribution in [1.82, 2.24) is 9.88 Å². The van der Waals surface area contributed by atoms with Crippen LogP contribution in [0.25, 0.3) is 10.9 Å². The standard InChI is InChI=1S/C28H34N2O5/c1-5-6-15-34-28(32)30-14-12-22-25(30)18(2)16-19(3)26(22)35-24-11-13-29-17-23(24)20-7-9-21(10-8-20)27(31)33-4/h7-10,12,14,16,23-24,29H,5-6,11,13,15,17H2,1-4H3/t23-,24+/m0/s1. The predicted octanol–water partition coefficient (Wildman–Crippen LogP) is 5.35. The first kappa shape index (κ1) is 24.8. The molecule has 1 aliphatic heterocycles. The van der Waals surface area contributed by atoms with Crippen molar-refractivity contribution < 1.29 is 23.8 Å². The average molecular weight is 479 g/mol. The number of hydrogen-bond acceptors (Lipinski definition) is 6. The Morgan fingerprint density at radius 1 is 1.11 bits per heavy atom. The highest BCUT2D eigenvalue weighted by atomic mass is 16.5. The van der Waals surface area contributed by atoms with E-state index in [1.807, 2.05) is 32.0 Å². The summed E-state index contributed by atoms with van der Waals surface area (Å²) in [5.74, 6) is 0.572. The summed E-state index contributed by atoms with van der Waals surface area (Å²) in [7, 11) is 1.38. The minimum Gasteiger partial charge on any atom is -0.489 e. The summed E-state index contributed by atoms with van der Waals surface area (Å²) in [6.07, 6.45) is 4.01. The molecule has 1 saturated heterocycles. The Bertz CT molecular complexity index is 1200. The molecule has 0 radical (unpaired) electrons. The monoisotopic (exact) mass is 478 g/mol. The molecular weight excluding hydrogens is 444 g/mol. The molecule has 0 unspecified atom stereocenters. The number of benzene rings is 2. The fourth-order valence-electron chi connectivity index (χ4n) is 4.81. The zero-order chi connectivity index (χ0) is 24.9. The first-order chi connectivity index (χ1) is 16.9. The van der Waals surface area contributed by atoms with Crippen molar-refractivity contribution in [2.75, 3.05) is 26.8 Å². The molecule has 7 nitrogen and oxygen atoms in total. The van der Waals surface area contributed by atoms with Crippen LogP contribution < -0.4 is 10.1 Å². The topological polar surface area (TPSA) is 78.8 Å². The number of aryl methyl sites for hydroxylation is 2. The van der Waals surface area contributed by atoms with Crippen LogP contribution in [0.5, 0.6) is 5.75 Å². The van der Waals surface area contributed by atoms with Crippen LogP contribution in [0.1, 0.15) is 59.2 Å². The number of piperidine rings is 1. The van der Waals surface area contributed by atoms with Gasteiger partial charge < -0.3 is 19.5 Å². The Morgan fingerprint density at radius 3 is 2.60 bits per heavy atom. The van der Waals surface area contributed by atoms with Gasteiger partial charge in [0.1, 0.15) is 11.9 Å². The van der Waals surface area contributed by atoms with Gasteiger partial charge in [-0.25, -0.2) is 9.59 Å². The number of esters is 1. The van der Waals surface area contributed by atoms with E-state index in [2.05, 4.69) is 18.3 Å². The van der Waals surface area contributed by atoms with E-state index in [0.29, 0.717) is 12.2 Å². The Morgan fingerprint density at radius 2 is 1.89 bits per heavy atom. The second kappa shape index (κ2) is 11.0. The van der Waals surface area contributed by atoms with Crippen molar-refractivity contribution in [2.24, 2.45) is 0 Å². The van der Waals surface area contributed by atoms with Gasteiger partial charge in [-0.05, 0) is 68.1 Å². The summed E-state index contributed by atoms with van der Waals surface area (Å²) in [5, 5.41) is 4.38. The number of nitrogens with zero attached hydrogens (tertiary/aromatic N) is 1. The SMILES string of the molecule is CCCCOC(=O)n1ccc2c(O[C@@H]3CCNC[C@H]3c3ccc(C(=O)OC)cc3)c(C)cc(C)c21. The van der Waals surface area contributed by atoms with Gasteiger partial charge in [-0.1, -0.05) is 31.5 Å². The lowest BCUT2D eigenvalue weighted by molar-refractivity contribution is 0.0600. The first-order valence-electron chi connectivity index (χ1n) is 12.3. The van der Waals surface area contributed by atoms with Gasteiger partial charge >= 0.3 is 12.1 Å². The molecule has 7 heteroatoms. The maximum Gasteiger partial charge on any atom is 0.418 e.